The molecule has 4 rings (SSSR count). The minimum Gasteiger partial charge on any atom is -0.489 e. The molecule has 2 amide bonds. The number of pyridine rings is 1. The van der Waals surface area contributed by atoms with Crippen LogP contribution in [0.1, 0.15) is 40.9 Å². The van der Waals surface area contributed by atoms with Crippen molar-refractivity contribution in [3.8, 4) is 5.75 Å². The molecule has 0 radical (unpaired) electrons. The minimum atomic E-state index is -0.499. The van der Waals surface area contributed by atoms with E-state index in [0.717, 1.165) is 35.0 Å². The zero-order valence-electron chi connectivity index (χ0n) is 19.4. The van der Waals surface area contributed by atoms with Crippen LogP contribution in [-0.4, -0.2) is 41.1 Å². The van der Waals surface area contributed by atoms with Crippen LogP contribution >= 0.6 is 0 Å². The summed E-state index contributed by atoms with van der Waals surface area (Å²) in [4.78, 5) is 29.6. The highest BCUT2D eigenvalue weighted by Crippen LogP contribution is 2.26. The van der Waals surface area contributed by atoms with Gasteiger partial charge < -0.3 is 15.4 Å². The number of amides is 2. The summed E-state index contributed by atoms with van der Waals surface area (Å²) in [5.41, 5.74) is 5.12. The van der Waals surface area contributed by atoms with Crippen molar-refractivity contribution in [2.45, 2.75) is 44.9 Å². The second kappa shape index (κ2) is 10.6. The van der Waals surface area contributed by atoms with Crippen molar-refractivity contribution in [2.24, 2.45) is 5.92 Å². The van der Waals surface area contributed by atoms with Crippen molar-refractivity contribution in [1.29, 1.82) is 0 Å². The molecule has 2 aromatic carbocycles. The van der Waals surface area contributed by atoms with Crippen molar-refractivity contribution in [2.75, 3.05) is 7.05 Å². The predicted octanol–water partition coefficient (Wildman–Crippen LogP) is 3.11. The lowest BCUT2D eigenvalue weighted by atomic mass is 9.80. The lowest BCUT2D eigenvalue weighted by Crippen LogP contribution is -2.58. The Morgan fingerprint density at radius 3 is 2.62 bits per heavy atom. The number of carbonyl (C=O) groups excluding carboxylic acids is 2. The molecule has 0 saturated heterocycles. The van der Waals surface area contributed by atoms with Gasteiger partial charge in [0.2, 0.25) is 5.91 Å². The average molecular weight is 463 g/mol. The summed E-state index contributed by atoms with van der Waals surface area (Å²) in [6.45, 7) is 2.35. The summed E-state index contributed by atoms with van der Waals surface area (Å²) in [5, 5.41) is 16.3. The molecule has 0 spiro atoms. The minimum absolute atomic E-state index is 0.0544. The molecular weight excluding hydrogens is 432 g/mol. The van der Waals surface area contributed by atoms with E-state index in [9.17, 15) is 9.59 Å². The highest BCUT2D eigenvalue weighted by atomic mass is 16.5. The van der Waals surface area contributed by atoms with Gasteiger partial charge in [-0.2, -0.15) is 0 Å². The van der Waals surface area contributed by atoms with Crippen LogP contribution in [0.25, 0.3) is 10.9 Å². The maximum absolute atomic E-state index is 12.9. The van der Waals surface area contributed by atoms with Gasteiger partial charge in [0.1, 0.15) is 12.4 Å². The number of aromatic nitrogens is 1. The molecule has 1 aliphatic carbocycles. The average Bonchev–Trinajstić information content (AvgIpc) is 2.87. The number of rotatable bonds is 7. The van der Waals surface area contributed by atoms with Crippen LogP contribution in [0.3, 0.4) is 0 Å². The number of likely N-dealkylation sites (N-methyl/N-ethyl adjacent to an activating group) is 1. The van der Waals surface area contributed by atoms with Crippen LogP contribution in [0.4, 0.5) is 0 Å². The van der Waals surface area contributed by atoms with Crippen molar-refractivity contribution in [3.63, 3.8) is 0 Å². The molecular formula is C26H30N4O4. The molecule has 1 fully saturated rings. The van der Waals surface area contributed by atoms with Crippen LogP contribution in [0.15, 0.2) is 54.6 Å². The van der Waals surface area contributed by atoms with E-state index >= 15 is 0 Å². The Labute approximate surface area is 198 Å². The van der Waals surface area contributed by atoms with Gasteiger partial charge in [0.25, 0.3) is 5.91 Å². The molecule has 178 valence electrons. The first-order valence-electron chi connectivity index (χ1n) is 11.5. The van der Waals surface area contributed by atoms with Crippen LogP contribution in [0.2, 0.25) is 0 Å². The van der Waals surface area contributed by atoms with Gasteiger partial charge >= 0.3 is 0 Å². The van der Waals surface area contributed by atoms with E-state index in [0.29, 0.717) is 24.3 Å². The van der Waals surface area contributed by atoms with Gasteiger partial charge in [-0.1, -0.05) is 24.6 Å². The lowest BCUT2D eigenvalue weighted by Gasteiger charge is -2.37. The standard InChI is InChI=1S/C26H30N4O4/c1-16-14-18(20-6-3-4-8-22(20)28-16)15-34-19-12-10-17(11-13-19)25(31)29-24-21(26(32)30-33)7-5-9-23(24)27-2/h3-4,6,8,10-14,21,23-24,27,33H,5,7,9,15H2,1-2H3,(H,29,31)(H,30,32)/t21-,23+,24-/m1/s1. The third-order valence-corrected chi connectivity index (χ3v) is 6.45. The summed E-state index contributed by atoms with van der Waals surface area (Å²) in [6, 6.07) is 16.4. The van der Waals surface area contributed by atoms with Gasteiger partial charge in [-0.15, -0.1) is 0 Å². The Morgan fingerprint density at radius 1 is 1.12 bits per heavy atom. The van der Waals surface area contributed by atoms with E-state index in [1.807, 2.05) is 44.3 Å². The number of para-hydroxylation sites is 1. The summed E-state index contributed by atoms with van der Waals surface area (Å²) >= 11 is 0. The van der Waals surface area contributed by atoms with E-state index in [1.54, 1.807) is 29.7 Å². The fourth-order valence-corrected chi connectivity index (χ4v) is 4.71. The van der Waals surface area contributed by atoms with E-state index in [-0.39, 0.29) is 11.9 Å². The Morgan fingerprint density at radius 2 is 1.88 bits per heavy atom. The first-order chi connectivity index (χ1) is 16.5. The summed E-state index contributed by atoms with van der Waals surface area (Å²) in [5.74, 6) is -0.599. The molecule has 1 aliphatic rings. The van der Waals surface area contributed by atoms with Gasteiger partial charge in [0.05, 0.1) is 17.5 Å². The molecule has 1 heterocycles. The van der Waals surface area contributed by atoms with Gasteiger partial charge in [0.15, 0.2) is 0 Å². The molecule has 0 unspecified atom stereocenters. The topological polar surface area (TPSA) is 113 Å². The molecule has 0 aliphatic heterocycles. The van der Waals surface area contributed by atoms with E-state index in [1.165, 1.54) is 0 Å². The zero-order chi connectivity index (χ0) is 24.1. The predicted molar refractivity (Wildman–Crippen MR) is 129 cm³/mol. The second-order valence-corrected chi connectivity index (χ2v) is 8.66. The van der Waals surface area contributed by atoms with Crippen LogP contribution in [-0.2, 0) is 11.4 Å². The molecule has 34 heavy (non-hydrogen) atoms. The number of nitrogens with one attached hydrogen (secondary N) is 3. The molecule has 3 atom stereocenters. The molecule has 0 bridgehead atoms. The van der Waals surface area contributed by atoms with Gasteiger partial charge in [0, 0.05) is 28.2 Å². The highest BCUT2D eigenvalue weighted by Gasteiger charge is 2.38. The summed E-state index contributed by atoms with van der Waals surface area (Å²) < 4.78 is 5.99. The Bertz CT molecular complexity index is 1170. The SMILES string of the molecule is CN[C@H]1CCC[C@@H](C(=O)NO)[C@H]1NC(=O)c1ccc(OCc2cc(C)nc3ccccc23)cc1. The van der Waals surface area contributed by atoms with Crippen molar-refractivity contribution < 1.29 is 19.5 Å². The molecule has 8 heteroatoms. The number of ether oxygens (including phenoxy) is 1. The fraction of sp³-hybridized carbons (Fsp3) is 0.346. The quantitative estimate of drug-likeness (QED) is 0.317. The zero-order valence-corrected chi connectivity index (χ0v) is 19.4. The first-order valence-corrected chi connectivity index (χ1v) is 11.5. The molecule has 8 nitrogen and oxygen atoms in total. The number of nitrogens with zero attached hydrogens (tertiary/aromatic N) is 1. The summed E-state index contributed by atoms with van der Waals surface area (Å²) in [7, 11) is 1.81. The Hall–Kier alpha value is -3.49. The number of carbonyl (C=O) groups is 2. The molecule has 3 aromatic rings. The first kappa shape index (κ1) is 23.7. The van der Waals surface area contributed by atoms with Gasteiger partial charge in [-0.05, 0) is 63.2 Å². The van der Waals surface area contributed by atoms with Crippen molar-refractivity contribution in [1.82, 2.24) is 21.1 Å². The number of hydrogen-bond donors (Lipinski definition) is 4. The van der Waals surface area contributed by atoms with Gasteiger partial charge in [-0.25, -0.2) is 5.48 Å². The largest absolute Gasteiger partial charge is 0.489 e. The van der Waals surface area contributed by atoms with Crippen LogP contribution < -0.4 is 20.9 Å². The number of benzene rings is 2. The van der Waals surface area contributed by atoms with Crippen LogP contribution in [0.5, 0.6) is 5.75 Å². The maximum Gasteiger partial charge on any atom is 0.251 e. The Balaban J connectivity index is 1.43. The molecule has 4 N–H and O–H groups in total. The second-order valence-electron chi connectivity index (χ2n) is 8.66. The van der Waals surface area contributed by atoms with E-state index in [4.69, 9.17) is 9.94 Å². The van der Waals surface area contributed by atoms with E-state index in [2.05, 4.69) is 15.6 Å². The van der Waals surface area contributed by atoms with E-state index < -0.39 is 17.9 Å². The highest BCUT2D eigenvalue weighted by molar-refractivity contribution is 5.95. The van der Waals surface area contributed by atoms with Gasteiger partial charge in [-0.3, -0.25) is 19.8 Å². The number of hydrogen-bond acceptors (Lipinski definition) is 6. The van der Waals surface area contributed by atoms with Crippen molar-refractivity contribution in [3.05, 3.63) is 71.4 Å². The number of fused-ring (bicyclic) bond motifs is 1. The third kappa shape index (κ3) is 5.18. The molecule has 1 saturated carbocycles. The van der Waals surface area contributed by atoms with Crippen molar-refractivity contribution >= 4 is 22.7 Å². The maximum atomic E-state index is 12.9. The normalized spacial score (nSPS) is 20.0. The van der Waals surface area contributed by atoms with Crippen LogP contribution in [0, 0.1) is 12.8 Å². The summed E-state index contributed by atoms with van der Waals surface area (Å²) in [6.07, 6.45) is 2.28. The third-order valence-electron chi connectivity index (χ3n) is 6.45. The fourth-order valence-electron chi connectivity index (χ4n) is 4.71. The number of hydroxylamine groups is 1. The molecule has 1 aromatic heterocycles. The Kier molecular flexibility index (Phi) is 7.40. The smallest absolute Gasteiger partial charge is 0.251 e. The lowest BCUT2D eigenvalue weighted by molar-refractivity contribution is -0.135. The number of aryl methyl sites for hydroxylation is 1. The monoisotopic (exact) mass is 462 g/mol.